The Hall–Kier alpha value is -2.88. The molecule has 33 heavy (non-hydrogen) atoms. The van der Waals surface area contributed by atoms with Crippen molar-refractivity contribution >= 4 is 23.4 Å². The highest BCUT2D eigenvalue weighted by molar-refractivity contribution is 5.88. The molecule has 0 aliphatic carbocycles. The zero-order valence-corrected chi connectivity index (χ0v) is 19.5. The number of pyridine rings is 1. The summed E-state index contributed by atoms with van der Waals surface area (Å²) in [6, 6.07) is 10.2. The summed E-state index contributed by atoms with van der Waals surface area (Å²) in [5, 5.41) is 7.64. The average molecular weight is 455 g/mol. The summed E-state index contributed by atoms with van der Waals surface area (Å²) in [5.74, 6) is 1.24. The minimum absolute atomic E-state index is 0.580. The van der Waals surface area contributed by atoms with Gasteiger partial charge in [-0.05, 0) is 19.1 Å². The number of ether oxygens (including phenoxy) is 3. The van der Waals surface area contributed by atoms with Crippen LogP contribution in [-0.4, -0.2) is 88.9 Å². The van der Waals surface area contributed by atoms with E-state index in [9.17, 15) is 0 Å². The molecule has 0 atom stereocenters. The van der Waals surface area contributed by atoms with Gasteiger partial charge in [-0.1, -0.05) is 11.6 Å². The normalized spacial score (nSPS) is 17.3. The summed E-state index contributed by atoms with van der Waals surface area (Å²) < 4.78 is 17.0. The van der Waals surface area contributed by atoms with E-state index >= 15 is 0 Å². The minimum Gasteiger partial charge on any atom is -0.476 e. The topological polar surface area (TPSA) is 83.5 Å². The molecule has 2 aliphatic heterocycles. The number of aryl methyl sites for hydroxylation is 1. The molecule has 0 unspecified atom stereocenters. The third kappa shape index (κ3) is 6.80. The summed E-state index contributed by atoms with van der Waals surface area (Å²) in [4.78, 5) is 9.27. The number of anilines is 3. The van der Waals surface area contributed by atoms with Gasteiger partial charge in [0.25, 0.3) is 0 Å². The van der Waals surface area contributed by atoms with Crippen LogP contribution in [0.3, 0.4) is 0 Å². The molecule has 2 fully saturated rings. The predicted octanol–water partition coefficient (Wildman–Crippen LogP) is 2.43. The monoisotopic (exact) mass is 454 g/mol. The fourth-order valence-electron chi connectivity index (χ4n) is 3.92. The Morgan fingerprint density at radius 2 is 1.82 bits per heavy atom. The molecule has 2 saturated heterocycles. The maximum atomic E-state index is 6.04. The third-order valence-electron chi connectivity index (χ3n) is 5.78. The molecule has 2 N–H and O–H groups in total. The molecule has 178 valence electrons. The molecule has 4 rings (SSSR count). The third-order valence-corrected chi connectivity index (χ3v) is 5.78. The Morgan fingerprint density at radius 3 is 2.58 bits per heavy atom. The van der Waals surface area contributed by atoms with Gasteiger partial charge in [0.05, 0.1) is 32.6 Å². The van der Waals surface area contributed by atoms with Gasteiger partial charge in [0, 0.05) is 68.8 Å². The Morgan fingerprint density at radius 1 is 1.06 bits per heavy atom. The first-order valence-electron chi connectivity index (χ1n) is 11.6. The van der Waals surface area contributed by atoms with Crippen molar-refractivity contribution < 1.29 is 14.2 Å². The van der Waals surface area contributed by atoms with E-state index in [1.54, 1.807) is 6.21 Å². The van der Waals surface area contributed by atoms with Crippen molar-refractivity contribution in [3.05, 3.63) is 41.5 Å². The summed E-state index contributed by atoms with van der Waals surface area (Å²) in [6.07, 6.45) is 1.81. The summed E-state index contributed by atoms with van der Waals surface area (Å²) in [5.41, 5.74) is 7.36. The number of morpholine rings is 2. The van der Waals surface area contributed by atoms with Crippen LogP contribution in [0.1, 0.15) is 11.1 Å². The Kier molecular flexibility index (Phi) is 8.35. The highest BCUT2D eigenvalue weighted by Gasteiger charge is 2.15. The highest BCUT2D eigenvalue weighted by atomic mass is 16.5. The molecule has 9 nitrogen and oxygen atoms in total. The van der Waals surface area contributed by atoms with E-state index in [0.29, 0.717) is 18.3 Å². The molecular weight excluding hydrogens is 420 g/mol. The number of nitrogens with one attached hydrogen (secondary N) is 2. The van der Waals surface area contributed by atoms with E-state index in [-0.39, 0.29) is 0 Å². The van der Waals surface area contributed by atoms with Crippen molar-refractivity contribution in [1.29, 1.82) is 0 Å². The van der Waals surface area contributed by atoms with E-state index in [1.807, 2.05) is 25.2 Å². The second-order valence-corrected chi connectivity index (χ2v) is 8.16. The van der Waals surface area contributed by atoms with Crippen molar-refractivity contribution in [2.24, 2.45) is 5.10 Å². The number of aromatic nitrogens is 1. The van der Waals surface area contributed by atoms with Crippen LogP contribution in [0.25, 0.3) is 0 Å². The second kappa shape index (κ2) is 11.8. The fourth-order valence-corrected chi connectivity index (χ4v) is 3.92. The Bertz CT molecular complexity index is 926. The first-order chi connectivity index (χ1) is 16.2. The SMILES string of the molecule is CNc1ccc(C)cc1/C=N/Nc1cc(N2CCOCC2)cc(OCCN2CCOCC2)n1. The van der Waals surface area contributed by atoms with Crippen molar-refractivity contribution in [3.63, 3.8) is 0 Å². The zero-order valence-electron chi connectivity index (χ0n) is 19.5. The largest absolute Gasteiger partial charge is 0.476 e. The van der Waals surface area contributed by atoms with Crippen LogP contribution in [0.4, 0.5) is 17.2 Å². The van der Waals surface area contributed by atoms with Gasteiger partial charge < -0.3 is 24.4 Å². The van der Waals surface area contributed by atoms with Crippen molar-refractivity contribution in [2.45, 2.75) is 6.92 Å². The van der Waals surface area contributed by atoms with Gasteiger partial charge in [0.15, 0.2) is 5.82 Å². The number of hydrazone groups is 1. The molecule has 3 heterocycles. The lowest BCUT2D eigenvalue weighted by molar-refractivity contribution is 0.0320. The molecule has 2 aromatic rings. The second-order valence-electron chi connectivity index (χ2n) is 8.16. The Labute approximate surface area is 195 Å². The van der Waals surface area contributed by atoms with Gasteiger partial charge in [-0.2, -0.15) is 10.1 Å². The quantitative estimate of drug-likeness (QED) is 0.442. The van der Waals surface area contributed by atoms with Crippen LogP contribution in [0.2, 0.25) is 0 Å². The summed E-state index contributed by atoms with van der Waals surface area (Å²) in [7, 11) is 1.91. The highest BCUT2D eigenvalue weighted by Crippen LogP contribution is 2.25. The van der Waals surface area contributed by atoms with Crippen LogP contribution in [0.5, 0.6) is 5.88 Å². The first kappa shape index (κ1) is 23.3. The molecule has 0 bridgehead atoms. The molecule has 0 amide bonds. The molecule has 1 aromatic heterocycles. The molecule has 0 saturated carbocycles. The van der Waals surface area contributed by atoms with Crippen molar-refractivity contribution in [1.82, 2.24) is 9.88 Å². The van der Waals surface area contributed by atoms with E-state index in [2.05, 4.69) is 49.7 Å². The standard InChI is InChI=1S/C24H34N6O3/c1-19-3-4-22(25-2)20(15-19)18-26-28-23-16-21(30-8-12-32-13-9-30)17-24(27-23)33-14-7-29-5-10-31-11-6-29/h3-4,15-18,25H,5-14H2,1-2H3,(H,27,28)/b26-18+. The molecule has 0 radical (unpaired) electrons. The number of rotatable bonds is 9. The smallest absolute Gasteiger partial charge is 0.217 e. The summed E-state index contributed by atoms with van der Waals surface area (Å²) >= 11 is 0. The predicted molar refractivity (Wildman–Crippen MR) is 132 cm³/mol. The lowest BCUT2D eigenvalue weighted by Crippen LogP contribution is -2.38. The van der Waals surface area contributed by atoms with E-state index in [1.165, 1.54) is 5.56 Å². The van der Waals surface area contributed by atoms with E-state index < -0.39 is 0 Å². The fraction of sp³-hybridized carbons (Fsp3) is 0.500. The van der Waals surface area contributed by atoms with Crippen LogP contribution >= 0.6 is 0 Å². The molecule has 0 spiro atoms. The molecule has 9 heteroatoms. The van der Waals surface area contributed by atoms with E-state index in [4.69, 9.17) is 14.2 Å². The van der Waals surface area contributed by atoms with Gasteiger partial charge in [-0.15, -0.1) is 0 Å². The lowest BCUT2D eigenvalue weighted by Gasteiger charge is -2.29. The van der Waals surface area contributed by atoms with Crippen LogP contribution in [0.15, 0.2) is 35.4 Å². The lowest BCUT2D eigenvalue weighted by atomic mass is 10.1. The van der Waals surface area contributed by atoms with Gasteiger partial charge in [-0.3, -0.25) is 10.3 Å². The van der Waals surface area contributed by atoms with Gasteiger partial charge in [-0.25, -0.2) is 0 Å². The maximum Gasteiger partial charge on any atom is 0.217 e. The molecular formula is C24H34N6O3. The number of benzene rings is 1. The van der Waals surface area contributed by atoms with Gasteiger partial charge >= 0.3 is 0 Å². The van der Waals surface area contributed by atoms with Gasteiger partial charge in [0.1, 0.15) is 6.61 Å². The van der Waals surface area contributed by atoms with E-state index in [0.717, 1.165) is 76.1 Å². The van der Waals surface area contributed by atoms with Crippen LogP contribution in [0, 0.1) is 6.92 Å². The molecule has 2 aliphatic rings. The van der Waals surface area contributed by atoms with Crippen molar-refractivity contribution in [2.75, 3.05) is 88.4 Å². The van der Waals surface area contributed by atoms with Crippen LogP contribution in [-0.2, 0) is 9.47 Å². The molecule has 1 aromatic carbocycles. The number of nitrogens with zero attached hydrogens (tertiary/aromatic N) is 4. The van der Waals surface area contributed by atoms with Crippen molar-refractivity contribution in [3.8, 4) is 5.88 Å². The Balaban J connectivity index is 1.45. The maximum absolute atomic E-state index is 6.04. The minimum atomic E-state index is 0.580. The number of hydrogen-bond acceptors (Lipinski definition) is 9. The number of hydrogen-bond donors (Lipinski definition) is 2. The van der Waals surface area contributed by atoms with Crippen LogP contribution < -0.4 is 20.4 Å². The van der Waals surface area contributed by atoms with Gasteiger partial charge in [0.2, 0.25) is 5.88 Å². The zero-order chi connectivity index (χ0) is 22.9. The average Bonchev–Trinajstić information content (AvgIpc) is 2.85. The summed E-state index contributed by atoms with van der Waals surface area (Å²) in [6.45, 7) is 10.1. The first-order valence-corrected chi connectivity index (χ1v) is 11.6.